The Balaban J connectivity index is 2.54. The molecule has 0 fully saturated rings. The van der Waals surface area contributed by atoms with Crippen molar-refractivity contribution < 1.29 is 14.7 Å². The molecule has 0 aromatic heterocycles. The van der Waals surface area contributed by atoms with Crippen LogP contribution >= 0.6 is 0 Å². The zero-order valence-electron chi connectivity index (χ0n) is 11.8. The first-order valence-electron chi connectivity index (χ1n) is 6.64. The van der Waals surface area contributed by atoms with Gasteiger partial charge < -0.3 is 21.1 Å². The number of carbonyl (C=O) groups excluding carboxylic acids is 1. The summed E-state index contributed by atoms with van der Waals surface area (Å²) >= 11 is 0. The molecule has 6 nitrogen and oxygen atoms in total. The normalized spacial score (nSPS) is 10.1. The van der Waals surface area contributed by atoms with Crippen LogP contribution in [0.2, 0.25) is 0 Å². The van der Waals surface area contributed by atoms with Crippen LogP contribution in [0.15, 0.2) is 18.2 Å². The van der Waals surface area contributed by atoms with Gasteiger partial charge in [0.2, 0.25) is 5.91 Å². The molecule has 20 heavy (non-hydrogen) atoms. The summed E-state index contributed by atoms with van der Waals surface area (Å²) in [6.45, 7) is 5.75. The van der Waals surface area contributed by atoms with E-state index in [1.807, 2.05) is 13.8 Å². The summed E-state index contributed by atoms with van der Waals surface area (Å²) in [7, 11) is 0. The minimum atomic E-state index is -1.01. The third-order valence-electron chi connectivity index (χ3n) is 3.07. The Morgan fingerprint density at radius 1 is 1.30 bits per heavy atom. The molecule has 0 radical (unpaired) electrons. The molecule has 6 heteroatoms. The number of hydrogen-bond donors (Lipinski definition) is 3. The minimum absolute atomic E-state index is 0.0863. The molecule has 0 bridgehead atoms. The fourth-order valence-electron chi connectivity index (χ4n) is 1.90. The molecule has 0 aliphatic rings. The maximum atomic E-state index is 11.8. The van der Waals surface area contributed by atoms with E-state index < -0.39 is 5.97 Å². The third kappa shape index (κ3) is 4.15. The molecule has 0 unspecified atom stereocenters. The summed E-state index contributed by atoms with van der Waals surface area (Å²) in [5, 5.41) is 11.9. The Labute approximate surface area is 118 Å². The second-order valence-corrected chi connectivity index (χ2v) is 4.35. The number of benzene rings is 1. The Hall–Kier alpha value is -2.24. The summed E-state index contributed by atoms with van der Waals surface area (Å²) in [5.74, 6) is -0.928. The van der Waals surface area contributed by atoms with Crippen molar-refractivity contribution in [2.24, 2.45) is 0 Å². The number of hydrogen-bond acceptors (Lipinski definition) is 4. The van der Waals surface area contributed by atoms with Crippen LogP contribution in [0.1, 0.15) is 30.6 Å². The second-order valence-electron chi connectivity index (χ2n) is 4.35. The zero-order valence-corrected chi connectivity index (χ0v) is 11.8. The van der Waals surface area contributed by atoms with Gasteiger partial charge in [0.25, 0.3) is 0 Å². The lowest BCUT2D eigenvalue weighted by molar-refractivity contribution is -0.130. The van der Waals surface area contributed by atoms with Gasteiger partial charge in [-0.15, -0.1) is 0 Å². The Kier molecular flexibility index (Phi) is 5.83. The standard InChI is InChI=1S/C14H21N3O3/c1-3-17(4-2)13(18)7-8-16-12-6-5-10(14(19)20)9-11(12)15/h5-6,9,16H,3-4,7-8,15H2,1-2H3,(H,19,20). The van der Waals surface area contributed by atoms with Gasteiger partial charge in [-0.1, -0.05) is 0 Å². The van der Waals surface area contributed by atoms with E-state index in [-0.39, 0.29) is 11.5 Å². The molecular weight excluding hydrogens is 258 g/mol. The van der Waals surface area contributed by atoms with E-state index >= 15 is 0 Å². The first-order valence-corrected chi connectivity index (χ1v) is 6.64. The van der Waals surface area contributed by atoms with Gasteiger partial charge in [0.05, 0.1) is 16.9 Å². The number of nitrogen functional groups attached to an aromatic ring is 1. The van der Waals surface area contributed by atoms with Gasteiger partial charge in [0, 0.05) is 26.1 Å². The van der Waals surface area contributed by atoms with Crippen molar-refractivity contribution in [3.8, 4) is 0 Å². The second kappa shape index (κ2) is 7.37. The van der Waals surface area contributed by atoms with Crippen LogP contribution in [-0.2, 0) is 4.79 Å². The number of nitrogens with one attached hydrogen (secondary N) is 1. The van der Waals surface area contributed by atoms with Crippen molar-refractivity contribution in [1.29, 1.82) is 0 Å². The number of rotatable bonds is 7. The molecule has 0 saturated carbocycles. The predicted molar refractivity (Wildman–Crippen MR) is 78.8 cm³/mol. The highest BCUT2D eigenvalue weighted by Crippen LogP contribution is 2.19. The molecule has 1 aromatic carbocycles. The first kappa shape index (κ1) is 15.8. The van der Waals surface area contributed by atoms with Crippen molar-refractivity contribution in [3.05, 3.63) is 23.8 Å². The Morgan fingerprint density at radius 2 is 1.95 bits per heavy atom. The summed E-state index contributed by atoms with van der Waals surface area (Å²) in [4.78, 5) is 24.3. The van der Waals surface area contributed by atoms with E-state index in [1.54, 1.807) is 11.0 Å². The van der Waals surface area contributed by atoms with Gasteiger partial charge in [-0.3, -0.25) is 4.79 Å². The van der Waals surface area contributed by atoms with Crippen molar-refractivity contribution >= 4 is 23.3 Å². The molecule has 110 valence electrons. The van der Waals surface area contributed by atoms with Crippen LogP contribution in [0.4, 0.5) is 11.4 Å². The smallest absolute Gasteiger partial charge is 0.335 e. The summed E-state index contributed by atoms with van der Waals surface area (Å²) in [6.07, 6.45) is 0.377. The fourth-order valence-corrected chi connectivity index (χ4v) is 1.90. The fraction of sp³-hybridized carbons (Fsp3) is 0.429. The number of aromatic carboxylic acids is 1. The molecule has 1 aromatic rings. The van der Waals surface area contributed by atoms with Crippen LogP contribution in [0.5, 0.6) is 0 Å². The van der Waals surface area contributed by atoms with Crippen molar-refractivity contribution in [1.82, 2.24) is 4.90 Å². The van der Waals surface area contributed by atoms with Crippen LogP contribution in [-0.4, -0.2) is 41.5 Å². The average Bonchev–Trinajstić information content (AvgIpc) is 2.41. The molecule has 4 N–H and O–H groups in total. The van der Waals surface area contributed by atoms with Crippen LogP contribution in [0.3, 0.4) is 0 Å². The minimum Gasteiger partial charge on any atom is -0.478 e. The lowest BCUT2D eigenvalue weighted by Gasteiger charge is -2.19. The highest BCUT2D eigenvalue weighted by atomic mass is 16.4. The first-order chi connectivity index (χ1) is 9.49. The zero-order chi connectivity index (χ0) is 15.1. The maximum Gasteiger partial charge on any atom is 0.335 e. The van der Waals surface area contributed by atoms with Gasteiger partial charge in [-0.25, -0.2) is 4.79 Å². The van der Waals surface area contributed by atoms with Crippen LogP contribution < -0.4 is 11.1 Å². The molecule has 0 aliphatic heterocycles. The quantitative estimate of drug-likeness (QED) is 0.659. The molecular formula is C14H21N3O3. The van der Waals surface area contributed by atoms with Gasteiger partial charge in [-0.2, -0.15) is 0 Å². The van der Waals surface area contributed by atoms with Gasteiger partial charge in [-0.05, 0) is 32.0 Å². The van der Waals surface area contributed by atoms with E-state index in [0.29, 0.717) is 37.4 Å². The average molecular weight is 279 g/mol. The Morgan fingerprint density at radius 3 is 2.45 bits per heavy atom. The lowest BCUT2D eigenvalue weighted by atomic mass is 10.1. The summed E-state index contributed by atoms with van der Waals surface area (Å²) in [6, 6.07) is 4.49. The number of amides is 1. The van der Waals surface area contributed by atoms with Crippen LogP contribution in [0, 0.1) is 0 Å². The van der Waals surface area contributed by atoms with E-state index in [4.69, 9.17) is 10.8 Å². The highest BCUT2D eigenvalue weighted by molar-refractivity contribution is 5.90. The Bertz CT molecular complexity index is 485. The number of carboxylic acid groups (broad SMARTS) is 1. The maximum absolute atomic E-state index is 11.8. The number of anilines is 2. The molecule has 1 amide bonds. The topological polar surface area (TPSA) is 95.7 Å². The molecule has 0 saturated heterocycles. The number of carbonyl (C=O) groups is 2. The lowest BCUT2D eigenvalue weighted by Crippen LogP contribution is -2.31. The predicted octanol–water partition coefficient (Wildman–Crippen LogP) is 1.64. The number of carboxylic acids is 1. The third-order valence-corrected chi connectivity index (χ3v) is 3.07. The van der Waals surface area contributed by atoms with Crippen LogP contribution in [0.25, 0.3) is 0 Å². The molecule has 0 atom stereocenters. The highest BCUT2D eigenvalue weighted by Gasteiger charge is 2.10. The van der Waals surface area contributed by atoms with E-state index in [0.717, 1.165) is 0 Å². The molecule has 0 spiro atoms. The largest absolute Gasteiger partial charge is 0.478 e. The van der Waals surface area contributed by atoms with Gasteiger partial charge in [0.15, 0.2) is 0 Å². The number of nitrogens with zero attached hydrogens (tertiary/aromatic N) is 1. The van der Waals surface area contributed by atoms with Crippen molar-refractivity contribution in [3.63, 3.8) is 0 Å². The van der Waals surface area contributed by atoms with E-state index in [2.05, 4.69) is 5.32 Å². The molecule has 0 aliphatic carbocycles. The van der Waals surface area contributed by atoms with Crippen molar-refractivity contribution in [2.75, 3.05) is 30.7 Å². The van der Waals surface area contributed by atoms with Crippen molar-refractivity contribution in [2.45, 2.75) is 20.3 Å². The number of nitrogens with two attached hydrogens (primary N) is 1. The van der Waals surface area contributed by atoms with E-state index in [1.165, 1.54) is 12.1 Å². The van der Waals surface area contributed by atoms with Gasteiger partial charge >= 0.3 is 5.97 Å². The van der Waals surface area contributed by atoms with Gasteiger partial charge in [0.1, 0.15) is 0 Å². The SMILES string of the molecule is CCN(CC)C(=O)CCNc1ccc(C(=O)O)cc1N. The molecule has 1 rings (SSSR count). The summed E-state index contributed by atoms with van der Waals surface area (Å²) in [5.41, 5.74) is 6.91. The monoisotopic (exact) mass is 279 g/mol. The molecule has 0 heterocycles. The summed E-state index contributed by atoms with van der Waals surface area (Å²) < 4.78 is 0. The van der Waals surface area contributed by atoms with E-state index in [9.17, 15) is 9.59 Å².